The lowest BCUT2D eigenvalue weighted by molar-refractivity contribution is -0.117. The number of carbonyl (C=O) groups is 1. The number of hydrogen-bond donors (Lipinski definition) is 2. The zero-order chi connectivity index (χ0) is 22.8. The first-order chi connectivity index (χ1) is 14.8. The van der Waals surface area contributed by atoms with E-state index in [4.69, 9.17) is 10.5 Å². The highest BCUT2D eigenvalue weighted by Gasteiger charge is 2.09. The average Bonchev–Trinajstić information content (AvgIpc) is 2.74. The van der Waals surface area contributed by atoms with Crippen LogP contribution >= 0.6 is 0 Å². The van der Waals surface area contributed by atoms with Gasteiger partial charge in [-0.25, -0.2) is 0 Å². The Labute approximate surface area is 186 Å². The third-order valence-electron chi connectivity index (χ3n) is 4.89. The Bertz CT molecular complexity index is 992. The van der Waals surface area contributed by atoms with Crippen LogP contribution < -0.4 is 15.8 Å². The maximum atomic E-state index is 12.6. The monoisotopic (exact) mass is 418 g/mol. The fourth-order valence-corrected chi connectivity index (χ4v) is 3.20. The number of ether oxygens (including phenoxy) is 1. The van der Waals surface area contributed by atoms with Crippen LogP contribution in [0, 0.1) is 0 Å². The molecule has 0 aromatic heterocycles. The molecule has 0 aliphatic heterocycles. The molecule has 0 spiro atoms. The molecular weight excluding hydrogens is 384 g/mol. The standard InChI is InChI=1S/C27H34N2O2/c1-6-22-14-15-25(17-23(22)7-2)31-24-12-9-11-21(16-24)18-29-27(30)26(20(5)28)13-8-10-19(3)4/h8-17H,6-7,18,28H2,1-5H3,(H,29,30)/b13-8-,26-20-. The fourth-order valence-electron chi connectivity index (χ4n) is 3.20. The second-order valence-electron chi connectivity index (χ2n) is 7.77. The number of aryl methyl sites for hydroxylation is 2. The molecule has 0 saturated heterocycles. The molecule has 0 aliphatic carbocycles. The first kappa shape index (κ1) is 24.0. The van der Waals surface area contributed by atoms with Crippen LogP contribution in [0.3, 0.4) is 0 Å². The number of allylic oxidation sites excluding steroid dienone is 4. The maximum absolute atomic E-state index is 12.6. The Morgan fingerprint density at radius 2 is 1.71 bits per heavy atom. The molecule has 0 atom stereocenters. The Hall–Kier alpha value is -3.27. The van der Waals surface area contributed by atoms with Crippen molar-refractivity contribution >= 4 is 5.91 Å². The Balaban J connectivity index is 2.07. The van der Waals surface area contributed by atoms with Gasteiger partial charge in [-0.2, -0.15) is 0 Å². The zero-order valence-electron chi connectivity index (χ0n) is 19.3. The third kappa shape index (κ3) is 7.49. The van der Waals surface area contributed by atoms with E-state index in [1.54, 1.807) is 13.0 Å². The molecule has 0 unspecified atom stereocenters. The Morgan fingerprint density at radius 3 is 2.35 bits per heavy atom. The lowest BCUT2D eigenvalue weighted by Gasteiger charge is -2.12. The van der Waals surface area contributed by atoms with E-state index in [1.165, 1.54) is 11.1 Å². The molecular formula is C27H34N2O2. The molecule has 31 heavy (non-hydrogen) atoms. The van der Waals surface area contributed by atoms with Crippen LogP contribution in [0.25, 0.3) is 0 Å². The summed E-state index contributed by atoms with van der Waals surface area (Å²) in [5.74, 6) is 1.36. The molecule has 0 aliphatic rings. The van der Waals surface area contributed by atoms with Crippen LogP contribution in [0.5, 0.6) is 11.5 Å². The van der Waals surface area contributed by atoms with Gasteiger partial charge in [-0.05, 0) is 80.6 Å². The minimum atomic E-state index is -0.201. The summed E-state index contributed by atoms with van der Waals surface area (Å²) in [6.45, 7) is 10.4. The molecule has 0 bridgehead atoms. The van der Waals surface area contributed by atoms with Gasteiger partial charge in [0, 0.05) is 12.2 Å². The number of carbonyl (C=O) groups excluding carboxylic acids is 1. The predicted molar refractivity (Wildman–Crippen MR) is 129 cm³/mol. The fraction of sp³-hybridized carbons (Fsp3) is 0.296. The largest absolute Gasteiger partial charge is 0.457 e. The van der Waals surface area contributed by atoms with Gasteiger partial charge in [-0.3, -0.25) is 4.79 Å². The highest BCUT2D eigenvalue weighted by Crippen LogP contribution is 2.25. The highest BCUT2D eigenvalue weighted by molar-refractivity contribution is 5.96. The van der Waals surface area contributed by atoms with Gasteiger partial charge >= 0.3 is 0 Å². The van der Waals surface area contributed by atoms with Crippen molar-refractivity contribution in [3.8, 4) is 11.5 Å². The Kier molecular flexibility index (Phi) is 9.13. The normalized spacial score (nSPS) is 11.8. The zero-order valence-corrected chi connectivity index (χ0v) is 19.3. The first-order valence-corrected chi connectivity index (χ1v) is 10.8. The van der Waals surface area contributed by atoms with Gasteiger partial charge in [0.15, 0.2) is 0 Å². The summed E-state index contributed by atoms with van der Waals surface area (Å²) >= 11 is 0. The first-order valence-electron chi connectivity index (χ1n) is 10.8. The van der Waals surface area contributed by atoms with Gasteiger partial charge in [-0.1, -0.05) is 49.8 Å². The summed E-state index contributed by atoms with van der Waals surface area (Å²) in [5, 5.41) is 2.94. The second-order valence-corrected chi connectivity index (χ2v) is 7.77. The van der Waals surface area contributed by atoms with Crippen molar-refractivity contribution in [3.63, 3.8) is 0 Å². The molecule has 4 nitrogen and oxygen atoms in total. The lowest BCUT2D eigenvalue weighted by atomic mass is 10.0. The Morgan fingerprint density at radius 1 is 1.00 bits per heavy atom. The van der Waals surface area contributed by atoms with Crippen LogP contribution in [0.4, 0.5) is 0 Å². The summed E-state index contributed by atoms with van der Waals surface area (Å²) in [7, 11) is 0. The van der Waals surface area contributed by atoms with E-state index in [1.807, 2.05) is 56.3 Å². The lowest BCUT2D eigenvalue weighted by Crippen LogP contribution is -2.25. The van der Waals surface area contributed by atoms with E-state index >= 15 is 0 Å². The number of nitrogens with one attached hydrogen (secondary N) is 1. The number of amides is 1. The van der Waals surface area contributed by atoms with Crippen LogP contribution in [-0.2, 0) is 24.2 Å². The van der Waals surface area contributed by atoms with Gasteiger partial charge in [0.2, 0.25) is 0 Å². The molecule has 2 aromatic rings. The van der Waals surface area contributed by atoms with Crippen LogP contribution in [-0.4, -0.2) is 5.91 Å². The molecule has 0 radical (unpaired) electrons. The SMILES string of the molecule is CCc1ccc(Oc2cccc(CNC(=O)C(/C=C\C=C(C)C)=C(/C)N)c2)cc1CC. The van der Waals surface area contributed by atoms with E-state index in [9.17, 15) is 4.79 Å². The number of benzene rings is 2. The minimum Gasteiger partial charge on any atom is -0.457 e. The van der Waals surface area contributed by atoms with Gasteiger partial charge in [-0.15, -0.1) is 0 Å². The van der Waals surface area contributed by atoms with Crippen LogP contribution in [0.1, 0.15) is 51.3 Å². The molecule has 1 amide bonds. The topological polar surface area (TPSA) is 64.3 Å². The second kappa shape index (κ2) is 11.8. The number of hydrogen-bond acceptors (Lipinski definition) is 3. The number of nitrogens with two attached hydrogens (primary N) is 1. The smallest absolute Gasteiger partial charge is 0.253 e. The minimum absolute atomic E-state index is 0.201. The van der Waals surface area contributed by atoms with Gasteiger partial charge < -0.3 is 15.8 Å². The van der Waals surface area contributed by atoms with Crippen molar-refractivity contribution in [2.75, 3.05) is 0 Å². The average molecular weight is 419 g/mol. The molecule has 0 heterocycles. The quantitative estimate of drug-likeness (QED) is 0.389. The number of rotatable bonds is 9. The van der Waals surface area contributed by atoms with E-state index in [0.29, 0.717) is 17.8 Å². The summed E-state index contributed by atoms with van der Waals surface area (Å²) in [6, 6.07) is 14.0. The summed E-state index contributed by atoms with van der Waals surface area (Å²) in [6.07, 6.45) is 7.51. The molecule has 2 rings (SSSR count). The third-order valence-corrected chi connectivity index (χ3v) is 4.89. The molecule has 4 heteroatoms. The van der Waals surface area contributed by atoms with Gasteiger partial charge in [0.05, 0.1) is 5.57 Å². The van der Waals surface area contributed by atoms with Crippen LogP contribution in [0.2, 0.25) is 0 Å². The van der Waals surface area contributed by atoms with Crippen molar-refractivity contribution in [2.24, 2.45) is 5.73 Å². The van der Waals surface area contributed by atoms with Crippen molar-refractivity contribution in [2.45, 2.75) is 54.0 Å². The molecule has 0 saturated carbocycles. The van der Waals surface area contributed by atoms with E-state index in [2.05, 4.69) is 31.3 Å². The van der Waals surface area contributed by atoms with Crippen LogP contribution in [0.15, 0.2) is 77.5 Å². The molecule has 0 fully saturated rings. The summed E-state index contributed by atoms with van der Waals surface area (Å²) < 4.78 is 6.07. The van der Waals surface area contributed by atoms with E-state index in [-0.39, 0.29) is 5.91 Å². The van der Waals surface area contributed by atoms with Crippen molar-refractivity contribution < 1.29 is 9.53 Å². The van der Waals surface area contributed by atoms with Gasteiger partial charge in [0.1, 0.15) is 11.5 Å². The molecule has 2 aromatic carbocycles. The van der Waals surface area contributed by atoms with Crippen molar-refractivity contribution in [1.29, 1.82) is 0 Å². The van der Waals surface area contributed by atoms with Crippen molar-refractivity contribution in [1.82, 2.24) is 5.32 Å². The van der Waals surface area contributed by atoms with E-state index in [0.717, 1.165) is 35.5 Å². The summed E-state index contributed by atoms with van der Waals surface area (Å²) in [4.78, 5) is 12.6. The van der Waals surface area contributed by atoms with E-state index < -0.39 is 0 Å². The van der Waals surface area contributed by atoms with Crippen molar-refractivity contribution in [3.05, 3.63) is 94.2 Å². The summed E-state index contributed by atoms with van der Waals surface area (Å²) in [5.41, 5.74) is 11.6. The van der Waals surface area contributed by atoms with Gasteiger partial charge in [0.25, 0.3) is 5.91 Å². The molecule has 164 valence electrons. The maximum Gasteiger partial charge on any atom is 0.253 e. The predicted octanol–water partition coefficient (Wildman–Crippen LogP) is 5.98. The highest BCUT2D eigenvalue weighted by atomic mass is 16.5. The molecule has 3 N–H and O–H groups in total.